The second kappa shape index (κ2) is 17.4. The summed E-state index contributed by atoms with van der Waals surface area (Å²) in [6.07, 6.45) is 17.3. The molecule has 0 fully saturated rings. The molecular formula is C24H36O6. The minimum atomic E-state index is -1.33. The zero-order valence-corrected chi connectivity index (χ0v) is 18.5. The van der Waals surface area contributed by atoms with Crippen LogP contribution in [-0.2, 0) is 19.1 Å². The van der Waals surface area contributed by atoms with E-state index in [-0.39, 0.29) is 24.4 Å². The van der Waals surface area contributed by atoms with E-state index >= 15 is 0 Å². The van der Waals surface area contributed by atoms with Gasteiger partial charge in [0.25, 0.3) is 0 Å². The van der Waals surface area contributed by atoms with Crippen molar-refractivity contribution in [3.63, 3.8) is 0 Å². The molecule has 0 saturated heterocycles. The Hall–Kier alpha value is -2.44. The maximum absolute atomic E-state index is 11.8. The third-order valence-corrected chi connectivity index (χ3v) is 4.13. The Morgan fingerprint density at radius 3 is 1.33 bits per heavy atom. The van der Waals surface area contributed by atoms with Crippen molar-refractivity contribution >= 4 is 11.9 Å². The fourth-order valence-electron chi connectivity index (χ4n) is 2.53. The molecule has 0 aromatic carbocycles. The van der Waals surface area contributed by atoms with Gasteiger partial charge in [0.15, 0.2) is 0 Å². The van der Waals surface area contributed by atoms with Crippen LogP contribution in [0, 0.1) is 0 Å². The summed E-state index contributed by atoms with van der Waals surface area (Å²) in [5.74, 6) is -2.67. The van der Waals surface area contributed by atoms with Crippen molar-refractivity contribution in [3.05, 3.63) is 59.8 Å². The van der Waals surface area contributed by atoms with Crippen LogP contribution in [-0.4, -0.2) is 47.6 Å². The average Bonchev–Trinajstić information content (AvgIpc) is 2.69. The predicted molar refractivity (Wildman–Crippen MR) is 120 cm³/mol. The van der Waals surface area contributed by atoms with Gasteiger partial charge in [0, 0.05) is 0 Å². The lowest BCUT2D eigenvalue weighted by molar-refractivity contribution is -0.138. The molecule has 6 nitrogen and oxygen atoms in total. The van der Waals surface area contributed by atoms with Gasteiger partial charge in [0.2, 0.25) is 0 Å². The monoisotopic (exact) mass is 420 g/mol. The van der Waals surface area contributed by atoms with Gasteiger partial charge >= 0.3 is 11.9 Å². The summed E-state index contributed by atoms with van der Waals surface area (Å²) in [5.41, 5.74) is -0.617. The molecule has 0 aliphatic rings. The highest BCUT2D eigenvalue weighted by Crippen LogP contribution is 2.19. The van der Waals surface area contributed by atoms with Gasteiger partial charge in [-0.1, -0.05) is 75.3 Å². The van der Waals surface area contributed by atoms with Crippen LogP contribution in [0.15, 0.2) is 59.8 Å². The molecule has 0 aliphatic heterocycles. The lowest BCUT2D eigenvalue weighted by Crippen LogP contribution is -2.29. The number of ether oxygens (including phenoxy) is 2. The summed E-state index contributed by atoms with van der Waals surface area (Å²) in [5, 5.41) is 19.2. The summed E-state index contributed by atoms with van der Waals surface area (Å²) in [6.45, 7) is 7.57. The van der Waals surface area contributed by atoms with E-state index in [9.17, 15) is 19.8 Å². The van der Waals surface area contributed by atoms with Crippen molar-refractivity contribution < 1.29 is 29.3 Å². The van der Waals surface area contributed by atoms with E-state index in [1.165, 1.54) is 13.8 Å². The molecule has 2 atom stereocenters. The van der Waals surface area contributed by atoms with E-state index in [4.69, 9.17) is 9.47 Å². The van der Waals surface area contributed by atoms with Crippen molar-refractivity contribution in [2.24, 2.45) is 0 Å². The van der Waals surface area contributed by atoms with Crippen LogP contribution in [0.25, 0.3) is 0 Å². The number of rotatable bonds is 16. The molecule has 0 heterocycles. The van der Waals surface area contributed by atoms with E-state index in [2.05, 4.69) is 13.8 Å². The van der Waals surface area contributed by atoms with Crippen molar-refractivity contribution in [1.29, 1.82) is 0 Å². The van der Waals surface area contributed by atoms with E-state index < -0.39 is 24.1 Å². The first-order valence-electron chi connectivity index (χ1n) is 10.4. The van der Waals surface area contributed by atoms with Crippen LogP contribution in [0.1, 0.15) is 53.4 Å². The van der Waals surface area contributed by atoms with Crippen molar-refractivity contribution in [2.45, 2.75) is 65.6 Å². The molecule has 0 rings (SSSR count). The topological polar surface area (TPSA) is 93.1 Å². The van der Waals surface area contributed by atoms with Gasteiger partial charge < -0.3 is 19.7 Å². The Bertz CT molecular complexity index is 599. The summed E-state index contributed by atoms with van der Waals surface area (Å²) in [7, 11) is 0. The third-order valence-electron chi connectivity index (χ3n) is 4.13. The lowest BCUT2D eigenvalue weighted by atomic mass is 9.99. The van der Waals surface area contributed by atoms with E-state index in [1.807, 2.05) is 36.5 Å². The third kappa shape index (κ3) is 12.2. The molecule has 0 aliphatic carbocycles. The zero-order valence-electron chi connectivity index (χ0n) is 18.5. The largest absolute Gasteiger partial charge is 0.478 e. The molecule has 0 aromatic rings. The molecule has 30 heavy (non-hydrogen) atoms. The SMILES string of the molecule is CCCC=CC=CCOC(C)C(C(=O)O)=C(C(=O)O)C(C)OCC=CC=CCCC. The Balaban J connectivity index is 5.12. The van der Waals surface area contributed by atoms with Crippen molar-refractivity contribution in [3.8, 4) is 0 Å². The van der Waals surface area contributed by atoms with Crippen LogP contribution in [0.3, 0.4) is 0 Å². The summed E-state index contributed by atoms with van der Waals surface area (Å²) < 4.78 is 11.1. The van der Waals surface area contributed by atoms with Gasteiger partial charge in [-0.15, -0.1) is 0 Å². The van der Waals surface area contributed by atoms with Crippen molar-refractivity contribution in [2.75, 3.05) is 13.2 Å². The smallest absolute Gasteiger partial charge is 0.334 e. The summed E-state index contributed by atoms with van der Waals surface area (Å²) in [4.78, 5) is 23.5. The fourth-order valence-corrected chi connectivity index (χ4v) is 2.53. The standard InChI is InChI=1S/C24H36O6/c1-5-7-9-11-13-15-17-29-19(3)21(23(25)26)22(24(27)28)20(4)30-18-16-14-12-10-8-6-2/h9-16,19-20H,5-8,17-18H2,1-4H3,(H,25,26)(H,27,28). The molecule has 2 unspecified atom stereocenters. The number of allylic oxidation sites excluding steroid dienone is 6. The summed E-state index contributed by atoms with van der Waals surface area (Å²) in [6, 6.07) is 0. The van der Waals surface area contributed by atoms with Gasteiger partial charge in [-0.2, -0.15) is 0 Å². The average molecular weight is 421 g/mol. The van der Waals surface area contributed by atoms with Crippen LogP contribution < -0.4 is 0 Å². The molecule has 0 saturated carbocycles. The van der Waals surface area contributed by atoms with Gasteiger partial charge in [-0.3, -0.25) is 0 Å². The highest BCUT2D eigenvalue weighted by Gasteiger charge is 2.29. The van der Waals surface area contributed by atoms with Gasteiger partial charge in [-0.05, 0) is 26.7 Å². The minimum Gasteiger partial charge on any atom is -0.478 e. The Kier molecular flexibility index (Phi) is 16.0. The predicted octanol–water partition coefficient (Wildman–Crippen LogP) is 5.09. The Morgan fingerprint density at radius 2 is 1.03 bits per heavy atom. The number of carboxylic acid groups (broad SMARTS) is 2. The number of carbonyl (C=O) groups is 2. The number of hydrogen-bond acceptors (Lipinski definition) is 4. The van der Waals surface area contributed by atoms with Crippen LogP contribution in [0.4, 0.5) is 0 Å². The second-order valence-electron chi connectivity index (χ2n) is 6.68. The first kappa shape index (κ1) is 27.6. The molecular weight excluding hydrogens is 384 g/mol. The number of aliphatic carboxylic acids is 2. The molecule has 0 aromatic heterocycles. The number of unbranched alkanes of at least 4 members (excludes halogenated alkanes) is 2. The highest BCUT2D eigenvalue weighted by molar-refractivity contribution is 6.00. The van der Waals surface area contributed by atoms with Crippen molar-refractivity contribution in [1.82, 2.24) is 0 Å². The van der Waals surface area contributed by atoms with Crippen LogP contribution in [0.2, 0.25) is 0 Å². The minimum absolute atomic E-state index is 0.170. The first-order chi connectivity index (χ1) is 14.4. The Morgan fingerprint density at radius 1 is 0.700 bits per heavy atom. The number of hydrogen-bond donors (Lipinski definition) is 2. The molecule has 0 amide bonds. The van der Waals surface area contributed by atoms with Crippen LogP contribution in [0.5, 0.6) is 0 Å². The van der Waals surface area contributed by atoms with E-state index in [0.29, 0.717) is 0 Å². The quantitative estimate of drug-likeness (QED) is 0.267. The second-order valence-corrected chi connectivity index (χ2v) is 6.68. The normalized spacial score (nSPS) is 15.3. The molecule has 0 spiro atoms. The zero-order chi connectivity index (χ0) is 22.8. The highest BCUT2D eigenvalue weighted by atomic mass is 16.5. The summed E-state index contributed by atoms with van der Waals surface area (Å²) >= 11 is 0. The van der Waals surface area contributed by atoms with E-state index in [1.54, 1.807) is 12.2 Å². The van der Waals surface area contributed by atoms with Gasteiger partial charge in [0.05, 0.1) is 36.6 Å². The van der Waals surface area contributed by atoms with Gasteiger partial charge in [0.1, 0.15) is 0 Å². The molecule has 0 radical (unpaired) electrons. The number of carboxylic acids is 2. The van der Waals surface area contributed by atoms with Gasteiger partial charge in [-0.25, -0.2) is 9.59 Å². The molecule has 2 N–H and O–H groups in total. The first-order valence-corrected chi connectivity index (χ1v) is 10.4. The van der Waals surface area contributed by atoms with Crippen LogP contribution >= 0.6 is 0 Å². The maximum Gasteiger partial charge on any atom is 0.334 e. The molecule has 0 bridgehead atoms. The molecule has 168 valence electrons. The lowest BCUT2D eigenvalue weighted by Gasteiger charge is -2.20. The maximum atomic E-state index is 11.8. The Labute approximate surface area is 180 Å². The van der Waals surface area contributed by atoms with E-state index in [0.717, 1.165) is 25.7 Å². The fraction of sp³-hybridized carbons (Fsp3) is 0.500. The molecule has 6 heteroatoms.